The standard InChI is InChI=1S/C23H27NO4/c1-4-5-13-27-19-11-9-17(10-12-19)23(25)28-24-21-8-6-7-18-15-22(26-3)16(2)14-20(18)21/h9-12,14-15H,4-8,13H2,1-3H3. The average molecular weight is 381 g/mol. The molecule has 148 valence electrons. The van der Waals surface area contributed by atoms with Gasteiger partial charge in [0.2, 0.25) is 0 Å². The third-order valence-corrected chi connectivity index (χ3v) is 4.89. The van der Waals surface area contributed by atoms with Crippen LogP contribution in [0.15, 0.2) is 41.6 Å². The van der Waals surface area contributed by atoms with Crippen LogP contribution in [0.25, 0.3) is 0 Å². The number of ether oxygens (including phenoxy) is 2. The molecule has 0 radical (unpaired) electrons. The number of benzene rings is 2. The summed E-state index contributed by atoms with van der Waals surface area (Å²) in [7, 11) is 1.68. The van der Waals surface area contributed by atoms with Gasteiger partial charge in [0.15, 0.2) is 0 Å². The lowest BCUT2D eigenvalue weighted by atomic mass is 9.88. The predicted octanol–water partition coefficient (Wildman–Crippen LogP) is 5.08. The molecule has 1 aliphatic rings. The molecule has 0 amide bonds. The Bertz CT molecular complexity index is 856. The normalized spacial score (nSPS) is 14.5. The van der Waals surface area contributed by atoms with Gasteiger partial charge in [-0.05, 0) is 80.1 Å². The van der Waals surface area contributed by atoms with Crippen molar-refractivity contribution in [3.8, 4) is 11.5 Å². The Morgan fingerprint density at radius 2 is 1.93 bits per heavy atom. The van der Waals surface area contributed by atoms with E-state index in [9.17, 15) is 4.79 Å². The van der Waals surface area contributed by atoms with Crippen LogP contribution in [-0.4, -0.2) is 25.4 Å². The van der Waals surface area contributed by atoms with E-state index in [1.165, 1.54) is 5.56 Å². The van der Waals surface area contributed by atoms with Crippen LogP contribution >= 0.6 is 0 Å². The van der Waals surface area contributed by atoms with E-state index in [1.807, 2.05) is 6.92 Å². The van der Waals surface area contributed by atoms with Crippen LogP contribution in [0.3, 0.4) is 0 Å². The quantitative estimate of drug-likeness (QED) is 0.381. The van der Waals surface area contributed by atoms with Gasteiger partial charge < -0.3 is 14.3 Å². The zero-order valence-electron chi connectivity index (χ0n) is 16.8. The Kier molecular flexibility index (Phi) is 6.69. The van der Waals surface area contributed by atoms with Crippen molar-refractivity contribution in [3.63, 3.8) is 0 Å². The summed E-state index contributed by atoms with van der Waals surface area (Å²) in [4.78, 5) is 17.6. The first kappa shape index (κ1) is 19.9. The molecule has 0 spiro atoms. The zero-order chi connectivity index (χ0) is 19.9. The minimum absolute atomic E-state index is 0.453. The topological polar surface area (TPSA) is 57.1 Å². The summed E-state index contributed by atoms with van der Waals surface area (Å²) in [6, 6.07) is 11.1. The van der Waals surface area contributed by atoms with Gasteiger partial charge in [-0.25, -0.2) is 4.79 Å². The summed E-state index contributed by atoms with van der Waals surface area (Å²) >= 11 is 0. The third kappa shape index (κ3) is 4.71. The van der Waals surface area contributed by atoms with E-state index >= 15 is 0 Å². The molecule has 0 bridgehead atoms. The molecule has 0 aliphatic heterocycles. The maximum Gasteiger partial charge on any atom is 0.365 e. The van der Waals surface area contributed by atoms with Gasteiger partial charge in [-0.3, -0.25) is 0 Å². The molecule has 1 aliphatic carbocycles. The van der Waals surface area contributed by atoms with Crippen molar-refractivity contribution >= 4 is 11.7 Å². The molecule has 5 nitrogen and oxygen atoms in total. The average Bonchev–Trinajstić information content (AvgIpc) is 2.72. The second kappa shape index (κ2) is 9.40. The number of carbonyl (C=O) groups excluding carboxylic acids is 1. The minimum atomic E-state index is -0.468. The fourth-order valence-electron chi connectivity index (χ4n) is 3.27. The van der Waals surface area contributed by atoms with Gasteiger partial charge in [-0.2, -0.15) is 0 Å². The van der Waals surface area contributed by atoms with Crippen molar-refractivity contribution in [1.82, 2.24) is 0 Å². The van der Waals surface area contributed by atoms with Crippen molar-refractivity contribution in [2.24, 2.45) is 5.16 Å². The van der Waals surface area contributed by atoms with Crippen LogP contribution in [0.2, 0.25) is 0 Å². The van der Waals surface area contributed by atoms with E-state index < -0.39 is 5.97 Å². The van der Waals surface area contributed by atoms with E-state index in [0.717, 1.165) is 60.4 Å². The molecule has 0 saturated heterocycles. The molecule has 0 aromatic heterocycles. The van der Waals surface area contributed by atoms with Crippen molar-refractivity contribution < 1.29 is 19.1 Å². The fraction of sp³-hybridized carbons (Fsp3) is 0.391. The summed E-state index contributed by atoms with van der Waals surface area (Å²) < 4.78 is 11.0. The third-order valence-electron chi connectivity index (χ3n) is 4.89. The predicted molar refractivity (Wildman–Crippen MR) is 109 cm³/mol. The van der Waals surface area contributed by atoms with E-state index in [0.29, 0.717) is 12.2 Å². The maximum absolute atomic E-state index is 12.3. The Morgan fingerprint density at radius 3 is 2.64 bits per heavy atom. The lowest BCUT2D eigenvalue weighted by Crippen LogP contribution is -2.14. The molecule has 28 heavy (non-hydrogen) atoms. The molecule has 2 aromatic rings. The number of fused-ring (bicyclic) bond motifs is 1. The van der Waals surface area contributed by atoms with Gasteiger partial charge in [0, 0.05) is 5.56 Å². The zero-order valence-corrected chi connectivity index (χ0v) is 16.8. The van der Waals surface area contributed by atoms with Crippen LogP contribution in [0.1, 0.15) is 59.7 Å². The molecule has 0 unspecified atom stereocenters. The number of unbranched alkanes of at least 4 members (excludes halogenated alkanes) is 1. The molecular weight excluding hydrogens is 354 g/mol. The number of carbonyl (C=O) groups is 1. The van der Waals surface area contributed by atoms with Gasteiger partial charge in [-0.15, -0.1) is 0 Å². The summed E-state index contributed by atoms with van der Waals surface area (Å²) in [5, 5.41) is 4.18. The second-order valence-corrected chi connectivity index (χ2v) is 6.98. The highest BCUT2D eigenvalue weighted by atomic mass is 16.7. The number of rotatable bonds is 7. The van der Waals surface area contributed by atoms with Crippen LogP contribution < -0.4 is 9.47 Å². The van der Waals surface area contributed by atoms with Crippen LogP contribution in [-0.2, 0) is 11.3 Å². The Hall–Kier alpha value is -2.82. The van der Waals surface area contributed by atoms with E-state index in [4.69, 9.17) is 14.3 Å². The van der Waals surface area contributed by atoms with Crippen molar-refractivity contribution in [1.29, 1.82) is 0 Å². The molecule has 0 atom stereocenters. The first-order valence-electron chi connectivity index (χ1n) is 9.81. The monoisotopic (exact) mass is 381 g/mol. The number of methoxy groups -OCH3 is 1. The maximum atomic E-state index is 12.3. The Morgan fingerprint density at radius 1 is 1.14 bits per heavy atom. The summed E-state index contributed by atoms with van der Waals surface area (Å²) in [6.45, 7) is 4.80. The fourth-order valence-corrected chi connectivity index (χ4v) is 3.27. The lowest BCUT2D eigenvalue weighted by molar-refractivity contribution is 0.0515. The van der Waals surface area contributed by atoms with Crippen molar-refractivity contribution in [2.75, 3.05) is 13.7 Å². The number of hydrogen-bond acceptors (Lipinski definition) is 5. The number of aryl methyl sites for hydroxylation is 2. The number of oxime groups is 1. The van der Waals surface area contributed by atoms with Crippen LogP contribution in [0.5, 0.6) is 11.5 Å². The highest BCUT2D eigenvalue weighted by Crippen LogP contribution is 2.29. The second-order valence-electron chi connectivity index (χ2n) is 6.98. The van der Waals surface area contributed by atoms with E-state index in [1.54, 1.807) is 31.4 Å². The highest BCUT2D eigenvalue weighted by molar-refractivity contribution is 6.03. The summed E-state index contributed by atoms with van der Waals surface area (Å²) in [6.07, 6.45) is 4.82. The summed E-state index contributed by atoms with van der Waals surface area (Å²) in [5.41, 5.74) is 4.52. The molecular formula is C23H27NO4. The van der Waals surface area contributed by atoms with Gasteiger partial charge in [0.25, 0.3) is 0 Å². The molecule has 3 rings (SSSR count). The van der Waals surface area contributed by atoms with Gasteiger partial charge in [0.1, 0.15) is 11.5 Å². The molecule has 0 saturated carbocycles. The molecule has 2 aromatic carbocycles. The van der Waals surface area contributed by atoms with Crippen LogP contribution in [0.4, 0.5) is 0 Å². The Balaban J connectivity index is 1.69. The van der Waals surface area contributed by atoms with E-state index in [-0.39, 0.29) is 0 Å². The highest BCUT2D eigenvalue weighted by Gasteiger charge is 2.19. The minimum Gasteiger partial charge on any atom is -0.496 e. The van der Waals surface area contributed by atoms with E-state index in [2.05, 4.69) is 24.2 Å². The van der Waals surface area contributed by atoms with Crippen LogP contribution in [0, 0.1) is 6.92 Å². The summed E-state index contributed by atoms with van der Waals surface area (Å²) in [5.74, 6) is 1.16. The number of nitrogens with zero attached hydrogens (tertiary/aromatic N) is 1. The van der Waals surface area contributed by atoms with Gasteiger partial charge in [0.05, 0.1) is 25.0 Å². The van der Waals surface area contributed by atoms with Gasteiger partial charge >= 0.3 is 5.97 Å². The smallest absolute Gasteiger partial charge is 0.365 e. The first-order chi connectivity index (χ1) is 13.6. The lowest BCUT2D eigenvalue weighted by Gasteiger charge is -2.19. The SMILES string of the molecule is CCCCOc1ccc(C(=O)ON=C2CCCc3cc(OC)c(C)cc32)cc1. The molecule has 5 heteroatoms. The van der Waals surface area contributed by atoms with Gasteiger partial charge in [-0.1, -0.05) is 18.5 Å². The largest absolute Gasteiger partial charge is 0.496 e. The first-order valence-corrected chi connectivity index (χ1v) is 9.81. The molecule has 0 N–H and O–H groups in total. The van der Waals surface area contributed by atoms with Crippen molar-refractivity contribution in [3.05, 3.63) is 58.7 Å². The molecule has 0 heterocycles. The number of hydrogen-bond donors (Lipinski definition) is 0. The Labute approximate surface area is 166 Å². The van der Waals surface area contributed by atoms with Crippen molar-refractivity contribution in [2.45, 2.75) is 46.0 Å². The molecule has 0 fully saturated rings.